The molecule has 9 heteroatoms. The molecule has 4 aromatic rings. The number of nitrogen functional groups attached to an aromatic ring is 2. The van der Waals surface area contributed by atoms with E-state index in [1.807, 2.05) is 90.1 Å². The van der Waals surface area contributed by atoms with E-state index in [0.29, 0.717) is 44.5 Å². The summed E-state index contributed by atoms with van der Waals surface area (Å²) < 4.78 is 41.8. The van der Waals surface area contributed by atoms with Crippen LogP contribution in [0.4, 0.5) is 28.4 Å². The van der Waals surface area contributed by atoms with Crippen LogP contribution in [0, 0.1) is 41.5 Å². The van der Waals surface area contributed by atoms with E-state index >= 15 is 0 Å². The number of rotatable bonds is 5. The van der Waals surface area contributed by atoms with Gasteiger partial charge in [-0.15, -0.1) is 0 Å². The lowest BCUT2D eigenvalue weighted by molar-refractivity contribution is 0.483. The van der Waals surface area contributed by atoms with Crippen LogP contribution >= 0.6 is 0 Å². The van der Waals surface area contributed by atoms with Crippen molar-refractivity contribution in [2.75, 3.05) is 16.8 Å². The number of benzene rings is 5. The van der Waals surface area contributed by atoms with Gasteiger partial charge in [0.05, 0.1) is 11.0 Å². The van der Waals surface area contributed by atoms with Crippen LogP contribution in [0.5, 0.6) is 0 Å². The fourth-order valence-corrected chi connectivity index (χ4v) is 6.94. The summed E-state index contributed by atoms with van der Waals surface area (Å²) in [7, 11) is -4.54. The standard InChI is InChI=1S/C37H36N4O4S/c1-19-15-21(3)36(23(5)34(19)38)40-25-11-13-27-30(17-25)45-31-18-26(41-37-22(4)16-20(2)35(39)24(37)6)12-14-28(31)33(27)29-9-7-8-10-32(29)46(42,43)44/h7-18,40H,38-39H2,1-6H3,(H,42,43,44). The predicted octanol–water partition coefficient (Wildman–Crippen LogP) is 8.44. The second-order valence-corrected chi connectivity index (χ2v) is 13.3. The Morgan fingerprint density at radius 3 is 2.13 bits per heavy atom. The van der Waals surface area contributed by atoms with Crippen molar-refractivity contribution in [2.24, 2.45) is 4.99 Å². The number of anilines is 4. The van der Waals surface area contributed by atoms with Crippen LogP contribution in [0.3, 0.4) is 0 Å². The van der Waals surface area contributed by atoms with Crippen molar-refractivity contribution in [1.29, 1.82) is 0 Å². The molecule has 4 aromatic carbocycles. The fourth-order valence-electron chi connectivity index (χ4n) is 6.24. The first-order valence-corrected chi connectivity index (χ1v) is 16.3. The third-order valence-corrected chi connectivity index (χ3v) is 9.58. The lowest BCUT2D eigenvalue weighted by atomic mass is 9.93. The van der Waals surface area contributed by atoms with Crippen molar-refractivity contribution in [3.05, 3.63) is 112 Å². The summed E-state index contributed by atoms with van der Waals surface area (Å²) in [6.45, 7) is 11.9. The molecule has 2 aliphatic rings. The smallest absolute Gasteiger partial charge is 0.295 e. The minimum atomic E-state index is -4.54. The van der Waals surface area contributed by atoms with Gasteiger partial charge in [-0.3, -0.25) is 4.55 Å². The normalized spacial score (nSPS) is 12.3. The summed E-state index contributed by atoms with van der Waals surface area (Å²) in [6.07, 6.45) is 0. The van der Waals surface area contributed by atoms with Gasteiger partial charge in [-0.05, 0) is 105 Å². The lowest BCUT2D eigenvalue weighted by Gasteiger charge is -2.19. The Hall–Kier alpha value is -5.12. The maximum Gasteiger partial charge on any atom is 0.295 e. The number of fused-ring (bicyclic) bond motifs is 2. The van der Waals surface area contributed by atoms with Crippen molar-refractivity contribution in [1.82, 2.24) is 0 Å². The van der Waals surface area contributed by atoms with Crippen molar-refractivity contribution >= 4 is 49.5 Å². The predicted molar refractivity (Wildman–Crippen MR) is 187 cm³/mol. The second-order valence-electron chi connectivity index (χ2n) is 11.9. The zero-order valence-electron chi connectivity index (χ0n) is 26.6. The summed E-state index contributed by atoms with van der Waals surface area (Å²) >= 11 is 0. The highest BCUT2D eigenvalue weighted by molar-refractivity contribution is 7.86. The maximum absolute atomic E-state index is 12.5. The topological polar surface area (TPSA) is 144 Å². The molecule has 1 heterocycles. The van der Waals surface area contributed by atoms with Crippen molar-refractivity contribution in [3.63, 3.8) is 0 Å². The number of nitrogens with zero attached hydrogens (tertiary/aromatic N) is 1. The monoisotopic (exact) mass is 632 g/mol. The summed E-state index contributed by atoms with van der Waals surface area (Å²) in [5, 5.41) is 4.83. The molecule has 0 saturated carbocycles. The minimum Gasteiger partial charge on any atom is -0.456 e. The molecule has 0 saturated heterocycles. The summed E-state index contributed by atoms with van der Waals surface area (Å²) in [4.78, 5) is 4.75. The van der Waals surface area contributed by atoms with E-state index in [0.717, 1.165) is 56.1 Å². The van der Waals surface area contributed by atoms with Gasteiger partial charge in [0.15, 0.2) is 0 Å². The van der Waals surface area contributed by atoms with E-state index < -0.39 is 10.1 Å². The van der Waals surface area contributed by atoms with E-state index in [-0.39, 0.29) is 4.90 Å². The van der Waals surface area contributed by atoms with Crippen LogP contribution in [0.15, 0.2) is 87.1 Å². The Bertz CT molecular complexity index is 2360. The number of hydrogen-bond acceptors (Lipinski definition) is 7. The summed E-state index contributed by atoms with van der Waals surface area (Å²) in [6, 6.07) is 21.7. The molecule has 0 fully saturated rings. The first kappa shape index (κ1) is 30.9. The summed E-state index contributed by atoms with van der Waals surface area (Å²) in [5.74, 6) is 0.494. The third kappa shape index (κ3) is 5.37. The zero-order chi connectivity index (χ0) is 33.1. The van der Waals surface area contributed by atoms with E-state index in [4.69, 9.17) is 20.9 Å². The van der Waals surface area contributed by atoms with Gasteiger partial charge in [0.1, 0.15) is 16.2 Å². The van der Waals surface area contributed by atoms with Crippen LogP contribution in [0.25, 0.3) is 33.4 Å². The SMILES string of the molecule is Cc1cc(C)c(N=c2ccc3c(-c4ccccc4S(=O)(=O)O)c4ccc(Nc5c(C)cc(C)c(N)c5C)cc4oc-3c2)c(C)c1N. The number of aryl methyl sites for hydroxylation is 4. The number of nitrogens with two attached hydrogens (primary N) is 2. The van der Waals surface area contributed by atoms with Crippen LogP contribution < -0.4 is 22.1 Å². The van der Waals surface area contributed by atoms with Crippen LogP contribution in [-0.4, -0.2) is 13.0 Å². The highest BCUT2D eigenvalue weighted by Gasteiger charge is 2.24. The van der Waals surface area contributed by atoms with E-state index in [1.54, 1.807) is 18.2 Å². The fraction of sp³-hybridized carbons (Fsp3) is 0.162. The number of nitrogens with one attached hydrogen (secondary N) is 1. The molecule has 46 heavy (non-hydrogen) atoms. The van der Waals surface area contributed by atoms with Crippen LogP contribution in [0.2, 0.25) is 0 Å². The first-order chi connectivity index (χ1) is 21.7. The lowest BCUT2D eigenvalue weighted by Crippen LogP contribution is -2.06. The van der Waals surface area contributed by atoms with Gasteiger partial charge in [-0.25, -0.2) is 4.99 Å². The van der Waals surface area contributed by atoms with Gasteiger partial charge in [0.25, 0.3) is 10.1 Å². The molecule has 8 nitrogen and oxygen atoms in total. The van der Waals surface area contributed by atoms with Crippen molar-refractivity contribution < 1.29 is 17.4 Å². The molecule has 0 radical (unpaired) electrons. The molecular weight excluding hydrogens is 596 g/mol. The van der Waals surface area contributed by atoms with Gasteiger partial charge in [-0.2, -0.15) is 8.42 Å². The molecule has 6 rings (SSSR count). The van der Waals surface area contributed by atoms with Crippen LogP contribution in [0.1, 0.15) is 33.4 Å². The highest BCUT2D eigenvalue weighted by Crippen LogP contribution is 2.43. The molecule has 0 unspecified atom stereocenters. The van der Waals surface area contributed by atoms with E-state index in [9.17, 15) is 13.0 Å². The molecule has 234 valence electrons. The molecule has 1 aliphatic carbocycles. The molecule has 6 N–H and O–H groups in total. The zero-order valence-corrected chi connectivity index (χ0v) is 27.4. The minimum absolute atomic E-state index is 0.192. The Morgan fingerprint density at radius 1 is 0.739 bits per heavy atom. The second kappa shape index (κ2) is 11.3. The molecule has 1 aliphatic heterocycles. The van der Waals surface area contributed by atoms with Crippen LogP contribution in [-0.2, 0) is 10.1 Å². The Labute approximate surface area is 268 Å². The summed E-state index contributed by atoms with van der Waals surface area (Å²) in [5.41, 5.74) is 24.6. The van der Waals surface area contributed by atoms with Gasteiger partial charge in [0.2, 0.25) is 0 Å². The Balaban J connectivity index is 1.63. The number of hydrogen-bond donors (Lipinski definition) is 4. The Kier molecular flexibility index (Phi) is 7.62. The molecular formula is C37H36N4O4S. The van der Waals surface area contributed by atoms with Gasteiger partial charge in [0, 0.05) is 57.0 Å². The molecule has 0 aromatic heterocycles. The van der Waals surface area contributed by atoms with Gasteiger partial charge >= 0.3 is 0 Å². The first-order valence-electron chi connectivity index (χ1n) is 14.9. The average molecular weight is 633 g/mol. The quantitative estimate of drug-likeness (QED) is 0.0848. The van der Waals surface area contributed by atoms with Gasteiger partial charge < -0.3 is 21.2 Å². The third-order valence-electron chi connectivity index (χ3n) is 8.67. The Morgan fingerprint density at radius 2 is 1.41 bits per heavy atom. The molecule has 0 amide bonds. The highest BCUT2D eigenvalue weighted by atomic mass is 32.2. The molecule has 0 bridgehead atoms. The molecule has 0 atom stereocenters. The maximum atomic E-state index is 12.5. The van der Waals surface area contributed by atoms with Crippen molar-refractivity contribution in [3.8, 4) is 22.5 Å². The van der Waals surface area contributed by atoms with E-state index in [1.165, 1.54) is 6.07 Å². The largest absolute Gasteiger partial charge is 0.456 e. The van der Waals surface area contributed by atoms with Gasteiger partial charge in [-0.1, -0.05) is 30.3 Å². The van der Waals surface area contributed by atoms with Crippen molar-refractivity contribution in [2.45, 2.75) is 46.4 Å². The van der Waals surface area contributed by atoms with E-state index in [2.05, 4.69) is 5.32 Å². The average Bonchev–Trinajstić information content (AvgIpc) is 3.01. The molecule has 0 spiro atoms.